The zero-order valence-corrected chi connectivity index (χ0v) is 16.9. The predicted octanol–water partition coefficient (Wildman–Crippen LogP) is 4.21. The highest BCUT2D eigenvalue weighted by Crippen LogP contribution is 2.29. The van der Waals surface area contributed by atoms with Crippen LogP contribution in [0.5, 0.6) is 5.75 Å². The molecule has 5 heteroatoms. The average molecular weight is 400 g/mol. The van der Waals surface area contributed by atoms with Crippen molar-refractivity contribution in [1.29, 1.82) is 0 Å². The molecule has 0 atom stereocenters. The minimum atomic E-state index is -0.231. The summed E-state index contributed by atoms with van der Waals surface area (Å²) >= 11 is 0. The molecule has 3 aromatic rings. The highest BCUT2D eigenvalue weighted by Gasteiger charge is 2.26. The van der Waals surface area contributed by atoms with E-state index in [9.17, 15) is 9.59 Å². The van der Waals surface area contributed by atoms with Crippen LogP contribution in [0.15, 0.2) is 72.8 Å². The standard InChI is InChI=1S/C25H24N2O3/c1-18-7-5-10-20(15-18)26-24(28)17-30-23-12-6-11-22-21(23)13-14-27(25(22)29)16-19-8-3-2-4-9-19/h2-12,15H,13-14,16-17H2,1H3,(H,26,28). The zero-order chi connectivity index (χ0) is 20.9. The summed E-state index contributed by atoms with van der Waals surface area (Å²) in [6, 6.07) is 23.0. The Morgan fingerprint density at radius 1 is 1.03 bits per heavy atom. The second-order valence-corrected chi connectivity index (χ2v) is 7.45. The number of carbonyl (C=O) groups excluding carboxylic acids is 2. The molecule has 0 unspecified atom stereocenters. The van der Waals surface area contributed by atoms with Crippen LogP contribution in [-0.2, 0) is 17.8 Å². The number of rotatable bonds is 6. The number of carbonyl (C=O) groups is 2. The summed E-state index contributed by atoms with van der Waals surface area (Å²) in [7, 11) is 0. The van der Waals surface area contributed by atoms with Crippen LogP contribution in [0.1, 0.15) is 27.0 Å². The largest absolute Gasteiger partial charge is 0.483 e. The van der Waals surface area contributed by atoms with Crippen molar-refractivity contribution in [3.63, 3.8) is 0 Å². The third kappa shape index (κ3) is 4.51. The average Bonchev–Trinajstić information content (AvgIpc) is 2.75. The molecule has 0 spiro atoms. The van der Waals surface area contributed by atoms with E-state index in [-0.39, 0.29) is 18.4 Å². The molecule has 0 aromatic heterocycles. The van der Waals surface area contributed by atoms with Gasteiger partial charge in [0.25, 0.3) is 11.8 Å². The lowest BCUT2D eigenvalue weighted by Gasteiger charge is -2.29. The van der Waals surface area contributed by atoms with Crippen LogP contribution in [0.2, 0.25) is 0 Å². The Balaban J connectivity index is 1.42. The molecular formula is C25H24N2O3. The van der Waals surface area contributed by atoms with Gasteiger partial charge in [0.15, 0.2) is 6.61 Å². The second kappa shape index (κ2) is 8.82. The number of nitrogens with zero attached hydrogens (tertiary/aromatic N) is 1. The maximum atomic E-state index is 13.0. The minimum Gasteiger partial charge on any atom is -0.483 e. The van der Waals surface area contributed by atoms with Gasteiger partial charge in [-0.05, 0) is 48.7 Å². The Bertz CT molecular complexity index is 1060. The van der Waals surface area contributed by atoms with Crippen molar-refractivity contribution in [2.75, 3.05) is 18.5 Å². The van der Waals surface area contributed by atoms with E-state index in [1.165, 1.54) is 0 Å². The zero-order valence-electron chi connectivity index (χ0n) is 16.9. The van der Waals surface area contributed by atoms with E-state index in [4.69, 9.17) is 4.74 Å². The first-order valence-corrected chi connectivity index (χ1v) is 10.0. The topological polar surface area (TPSA) is 58.6 Å². The van der Waals surface area contributed by atoms with Gasteiger partial charge in [-0.1, -0.05) is 48.5 Å². The number of amides is 2. The van der Waals surface area contributed by atoms with Crippen LogP contribution in [0.4, 0.5) is 5.69 Å². The predicted molar refractivity (Wildman–Crippen MR) is 117 cm³/mol. The number of aryl methyl sites for hydroxylation is 1. The van der Waals surface area contributed by atoms with Crippen LogP contribution < -0.4 is 10.1 Å². The summed E-state index contributed by atoms with van der Waals surface area (Å²) in [4.78, 5) is 27.1. The van der Waals surface area contributed by atoms with Crippen LogP contribution in [0.3, 0.4) is 0 Å². The summed E-state index contributed by atoms with van der Waals surface area (Å²) in [5, 5.41) is 2.84. The van der Waals surface area contributed by atoms with Gasteiger partial charge in [-0.2, -0.15) is 0 Å². The Kier molecular flexibility index (Phi) is 5.80. The first kappa shape index (κ1) is 19.7. The first-order valence-electron chi connectivity index (χ1n) is 10.0. The maximum Gasteiger partial charge on any atom is 0.262 e. The van der Waals surface area contributed by atoms with E-state index >= 15 is 0 Å². The number of anilines is 1. The van der Waals surface area contributed by atoms with Gasteiger partial charge in [0.1, 0.15) is 5.75 Å². The molecule has 5 nitrogen and oxygen atoms in total. The molecule has 30 heavy (non-hydrogen) atoms. The van der Waals surface area contributed by atoms with Gasteiger partial charge in [-0.3, -0.25) is 9.59 Å². The van der Waals surface area contributed by atoms with Gasteiger partial charge in [0, 0.05) is 29.9 Å². The number of nitrogens with one attached hydrogen (secondary N) is 1. The molecule has 152 valence electrons. The van der Waals surface area contributed by atoms with E-state index in [1.54, 1.807) is 6.07 Å². The SMILES string of the molecule is Cc1cccc(NC(=O)COc2cccc3c2CCN(Cc2ccccc2)C3=O)c1. The molecule has 0 bridgehead atoms. The molecule has 0 saturated carbocycles. The summed E-state index contributed by atoms with van der Waals surface area (Å²) in [5.41, 5.74) is 4.44. The van der Waals surface area contributed by atoms with Gasteiger partial charge in [-0.25, -0.2) is 0 Å². The first-order chi connectivity index (χ1) is 14.6. The van der Waals surface area contributed by atoms with Crippen molar-refractivity contribution in [2.24, 2.45) is 0 Å². The third-order valence-corrected chi connectivity index (χ3v) is 5.16. The lowest BCUT2D eigenvalue weighted by molar-refractivity contribution is -0.118. The Morgan fingerprint density at radius 2 is 1.83 bits per heavy atom. The van der Waals surface area contributed by atoms with Crippen molar-refractivity contribution >= 4 is 17.5 Å². The van der Waals surface area contributed by atoms with Gasteiger partial charge in [0.2, 0.25) is 0 Å². The number of benzene rings is 3. The Morgan fingerprint density at radius 3 is 2.63 bits per heavy atom. The molecule has 0 aliphatic carbocycles. The van der Waals surface area contributed by atoms with E-state index in [2.05, 4.69) is 5.32 Å². The molecule has 1 aliphatic heterocycles. The van der Waals surface area contributed by atoms with E-state index < -0.39 is 0 Å². The lowest BCUT2D eigenvalue weighted by atomic mass is 9.97. The van der Waals surface area contributed by atoms with Crippen molar-refractivity contribution in [3.05, 3.63) is 95.1 Å². The molecule has 0 fully saturated rings. The Labute approximate surface area is 176 Å². The van der Waals surface area contributed by atoms with Gasteiger partial charge >= 0.3 is 0 Å². The van der Waals surface area contributed by atoms with E-state index in [1.807, 2.05) is 78.6 Å². The monoisotopic (exact) mass is 400 g/mol. The number of hydrogen-bond donors (Lipinski definition) is 1. The molecule has 1 heterocycles. The number of hydrogen-bond acceptors (Lipinski definition) is 3. The smallest absolute Gasteiger partial charge is 0.262 e. The maximum absolute atomic E-state index is 13.0. The molecule has 1 N–H and O–H groups in total. The summed E-state index contributed by atoms with van der Waals surface area (Å²) < 4.78 is 5.79. The molecular weight excluding hydrogens is 376 g/mol. The highest BCUT2D eigenvalue weighted by molar-refractivity contribution is 5.97. The van der Waals surface area contributed by atoms with Gasteiger partial charge in [0.05, 0.1) is 0 Å². The van der Waals surface area contributed by atoms with Crippen molar-refractivity contribution in [1.82, 2.24) is 4.90 Å². The summed E-state index contributed by atoms with van der Waals surface area (Å²) in [6.45, 7) is 3.08. The lowest BCUT2D eigenvalue weighted by Crippen LogP contribution is -2.37. The number of ether oxygens (including phenoxy) is 1. The van der Waals surface area contributed by atoms with Crippen molar-refractivity contribution < 1.29 is 14.3 Å². The van der Waals surface area contributed by atoms with E-state index in [0.29, 0.717) is 30.8 Å². The fraction of sp³-hybridized carbons (Fsp3) is 0.200. The van der Waals surface area contributed by atoms with Crippen LogP contribution in [-0.4, -0.2) is 29.9 Å². The van der Waals surface area contributed by atoms with Crippen LogP contribution >= 0.6 is 0 Å². The second-order valence-electron chi connectivity index (χ2n) is 7.45. The van der Waals surface area contributed by atoms with E-state index in [0.717, 1.165) is 22.4 Å². The van der Waals surface area contributed by atoms with Crippen molar-refractivity contribution in [2.45, 2.75) is 19.9 Å². The van der Waals surface area contributed by atoms with Crippen LogP contribution in [0, 0.1) is 6.92 Å². The molecule has 3 aromatic carbocycles. The van der Waals surface area contributed by atoms with Crippen LogP contribution in [0.25, 0.3) is 0 Å². The fourth-order valence-corrected chi connectivity index (χ4v) is 3.70. The molecule has 1 aliphatic rings. The molecule has 2 amide bonds. The highest BCUT2D eigenvalue weighted by atomic mass is 16.5. The molecule has 0 radical (unpaired) electrons. The minimum absolute atomic E-state index is 0.00485. The summed E-state index contributed by atoms with van der Waals surface area (Å²) in [5.74, 6) is 0.361. The normalized spacial score (nSPS) is 13.0. The number of fused-ring (bicyclic) bond motifs is 1. The Hall–Kier alpha value is -3.60. The van der Waals surface area contributed by atoms with Crippen molar-refractivity contribution in [3.8, 4) is 5.75 Å². The fourth-order valence-electron chi connectivity index (χ4n) is 3.70. The summed E-state index contributed by atoms with van der Waals surface area (Å²) in [6.07, 6.45) is 0.698. The van der Waals surface area contributed by atoms with Gasteiger partial charge in [-0.15, -0.1) is 0 Å². The van der Waals surface area contributed by atoms with Gasteiger partial charge < -0.3 is 15.0 Å². The molecule has 4 rings (SSSR count). The third-order valence-electron chi connectivity index (χ3n) is 5.16. The molecule has 0 saturated heterocycles. The quantitative estimate of drug-likeness (QED) is 0.674.